The number of carboxylic acid groups (broad SMARTS) is 1. The number of hydrogen-bond donors (Lipinski definition) is 20. The normalized spacial score (nSPS) is 50.9. The van der Waals surface area contributed by atoms with Gasteiger partial charge in [-0.25, -0.2) is 4.79 Å². The number of fused-ring (bicyclic) bond motifs is 7. The molecule has 39 nitrogen and oxygen atoms in total. The fourth-order valence-corrected chi connectivity index (χ4v) is 21.9. The molecular formula is C81H122O39. The van der Waals surface area contributed by atoms with E-state index in [9.17, 15) is 112 Å². The van der Waals surface area contributed by atoms with Crippen LogP contribution in [-0.4, -0.2) is 375 Å². The van der Waals surface area contributed by atoms with Crippen molar-refractivity contribution in [3.63, 3.8) is 0 Å². The highest BCUT2D eigenvalue weighted by atomic mass is 16.8. The Morgan fingerprint density at radius 2 is 1.01 bits per heavy atom. The molecule has 0 unspecified atom stereocenters. The van der Waals surface area contributed by atoms with Gasteiger partial charge < -0.3 is 178 Å². The number of carboxylic acids is 1. The number of allylic oxidation sites excluding steroid dienone is 1. The Kier molecular flexibility index (Phi) is 28.0. The molecule has 39 heteroatoms. The van der Waals surface area contributed by atoms with Crippen LogP contribution in [-0.2, 0) is 85.4 Å². The van der Waals surface area contributed by atoms with Gasteiger partial charge in [-0.3, -0.25) is 9.59 Å². The van der Waals surface area contributed by atoms with E-state index in [0.29, 0.717) is 37.0 Å². The van der Waals surface area contributed by atoms with E-state index in [4.69, 9.17) is 75.8 Å². The lowest BCUT2D eigenvalue weighted by molar-refractivity contribution is -0.388. The number of methoxy groups -OCH3 is 1. The summed E-state index contributed by atoms with van der Waals surface area (Å²) in [4.78, 5) is 43.8. The second kappa shape index (κ2) is 36.0. The van der Waals surface area contributed by atoms with Crippen LogP contribution in [0.1, 0.15) is 126 Å². The van der Waals surface area contributed by atoms with E-state index in [1.165, 1.54) is 47.8 Å². The van der Waals surface area contributed by atoms with E-state index in [1.807, 2.05) is 13.0 Å². The Labute approximate surface area is 692 Å². The molecule has 13 rings (SSSR count). The van der Waals surface area contributed by atoms with Crippen molar-refractivity contribution in [2.75, 3.05) is 33.5 Å². The minimum absolute atomic E-state index is 0.0151. The molecule has 0 amide bonds. The smallest absolute Gasteiger partial charge is 0.331 e. The van der Waals surface area contributed by atoms with Crippen molar-refractivity contribution in [2.24, 2.45) is 50.2 Å². The zero-order valence-electron chi connectivity index (χ0n) is 68.5. The Morgan fingerprint density at radius 1 is 0.483 bits per heavy atom. The van der Waals surface area contributed by atoms with Crippen molar-refractivity contribution < 1.29 is 192 Å². The van der Waals surface area contributed by atoms with Gasteiger partial charge in [0.25, 0.3) is 0 Å². The standard InChI is InChI=1S/C81H122O39/c1-31-46(87)51(92)55(96)68(107-31)116-63-47(88)32(2)108-71(59(63)100)117-64-50(91)41(28-83)112-72(60(64)101)113-42-29-106-67(54(95)49(42)90)115-61-33(3)109-69(57(98)53(61)94)118-65-58(99)62(114-45(86)18-13-35-11-14-36(105-10)15-12-35)34(4)110-73(65)120-75(104)80-22-21-76(5,6)25-38(80)37-16-17-43-77(7)26-39(85)66(119-70-56(97)52(93)48(89)40(27-82)111-70)79(9,74(102)103)44(77)19-20-78(43,8)81(37,30-84)24-23-80/h11-16,18,31-34,38-44,46-73,82-85,87-101H,17,19-30H2,1-10H3,(H,102,103)/b18-13+/t31-,32-,33-,34-,38+,39+,40+,41+,42+,43+,44+,46+,47-,48-,49-,50-,51+,52+,53+,54+,55+,56-,57+,58+,59-,60+,61-,62+,63+,64+,65+,66+,67-,68-,69-,70-,71+,72+,73-,77+,78+,79+,80+,81+/m1/s1. The molecular weight excluding hydrogens is 1600 g/mol. The Balaban J connectivity index is 0.709. The molecule has 4 saturated carbocycles. The first kappa shape index (κ1) is 93.3. The molecule has 7 aliphatic heterocycles. The van der Waals surface area contributed by atoms with Gasteiger partial charge in [-0.15, -0.1) is 0 Å². The summed E-state index contributed by atoms with van der Waals surface area (Å²) < 4.78 is 95.1. The van der Waals surface area contributed by atoms with Gasteiger partial charge in [0.15, 0.2) is 49.9 Å². The SMILES string of the molecule is COc1ccc(/C=C/C(=O)O[C@@H]2[C@H](O)[C@H](O[C@H]3O[C@H](C)[C@@H](O[C@H]4OC[C@H](O[C@@H]5O[C@@H](CO)[C@@H](O)[C@H](O[C@@H]6O[C@H](C)[C@@H](O)[C@H](O[C@H]7O[C@H](C)[C@H](O)[C@H](O)[C@@H]7O)[C@H]6O)[C@@H]5O)[C@@H](O)[C@@H]4O)[C@@H](O)[C@@H]3O)[C@@H](OC(=O)[C@]34CCC(C)(C)C[C@H]3C3=CC[C@H]5[C@]6(C)C[C@H](O)[C@H](O[C@H]7O[C@@H](CO)[C@@H](O)[C@H](O)[C@H]7O)[C@@](C)(C(=O)O)[C@H]6CC[C@]5(C)[C@]3(CO)CC4)O[C@@H]2C)cc1. The van der Waals surface area contributed by atoms with Crippen LogP contribution in [0.2, 0.25) is 0 Å². The molecule has 7 heterocycles. The minimum Gasteiger partial charge on any atom is -0.497 e. The minimum atomic E-state index is -2.15. The van der Waals surface area contributed by atoms with Crippen molar-refractivity contribution in [3.05, 3.63) is 47.6 Å². The third-order valence-corrected chi connectivity index (χ3v) is 29.0. The van der Waals surface area contributed by atoms with Crippen LogP contribution < -0.4 is 4.74 Å². The number of hydrogen-bond acceptors (Lipinski definition) is 38. The summed E-state index contributed by atoms with van der Waals surface area (Å²) >= 11 is 0. The first-order valence-electron chi connectivity index (χ1n) is 41.4. The number of benzene rings is 1. The van der Waals surface area contributed by atoms with E-state index in [0.717, 1.165) is 11.6 Å². The number of carbonyl (C=O) groups excluding carboxylic acids is 2. The fraction of sp³-hybridized carbons (Fsp3) is 0.840. The average molecular weight is 1720 g/mol. The number of aliphatic hydroxyl groups excluding tert-OH is 19. The second-order valence-corrected chi connectivity index (χ2v) is 36.5. The first-order valence-corrected chi connectivity index (χ1v) is 41.4. The number of ether oxygens (including phenoxy) is 16. The molecule has 44 atom stereocenters. The van der Waals surface area contributed by atoms with Gasteiger partial charge in [0.1, 0.15) is 140 Å². The highest BCUT2D eigenvalue weighted by molar-refractivity contribution is 5.87. The van der Waals surface area contributed by atoms with Crippen LogP contribution in [0, 0.1) is 50.2 Å². The molecule has 1 aromatic carbocycles. The molecule has 12 aliphatic rings. The summed E-state index contributed by atoms with van der Waals surface area (Å²) in [6.07, 6.45) is -55.7. The Morgan fingerprint density at radius 3 is 1.62 bits per heavy atom. The van der Waals surface area contributed by atoms with Crippen LogP contribution in [0.4, 0.5) is 0 Å². The Hall–Kier alpha value is -4.37. The van der Waals surface area contributed by atoms with Gasteiger partial charge in [-0.1, -0.05) is 51.5 Å². The highest BCUT2D eigenvalue weighted by Gasteiger charge is 2.74. The largest absolute Gasteiger partial charge is 0.497 e. The summed E-state index contributed by atoms with van der Waals surface area (Å²) in [6, 6.07) is 6.69. The van der Waals surface area contributed by atoms with E-state index in [2.05, 4.69) is 20.8 Å². The van der Waals surface area contributed by atoms with Crippen LogP contribution in [0.3, 0.4) is 0 Å². The lowest BCUT2D eigenvalue weighted by Gasteiger charge is -2.71. The summed E-state index contributed by atoms with van der Waals surface area (Å²) in [5.74, 6) is -4.26. The zero-order chi connectivity index (χ0) is 87.4. The van der Waals surface area contributed by atoms with E-state index in [-0.39, 0.29) is 32.1 Å². The molecule has 20 N–H and O–H groups in total. The molecule has 0 spiro atoms. The molecule has 5 aliphatic carbocycles. The fourth-order valence-electron chi connectivity index (χ4n) is 21.9. The van der Waals surface area contributed by atoms with E-state index in [1.54, 1.807) is 24.3 Å². The van der Waals surface area contributed by atoms with Crippen molar-refractivity contribution in [2.45, 2.75) is 341 Å². The number of rotatable bonds is 22. The lowest BCUT2D eigenvalue weighted by Crippen LogP contribution is -2.71. The molecule has 0 bridgehead atoms. The predicted molar refractivity (Wildman–Crippen MR) is 400 cm³/mol. The maximum atomic E-state index is 16.1. The quantitative estimate of drug-likeness (QED) is 0.0225. The maximum absolute atomic E-state index is 16.1. The molecule has 680 valence electrons. The van der Waals surface area contributed by atoms with Gasteiger partial charge in [0.05, 0.1) is 74.9 Å². The van der Waals surface area contributed by atoms with Crippen molar-refractivity contribution >= 4 is 24.0 Å². The molecule has 0 radical (unpaired) electrons. The maximum Gasteiger partial charge on any atom is 0.331 e. The summed E-state index contributed by atoms with van der Waals surface area (Å²) in [6.45, 7) is 12.4. The van der Waals surface area contributed by atoms with Gasteiger partial charge in [0.2, 0.25) is 6.29 Å². The van der Waals surface area contributed by atoms with Crippen LogP contribution in [0.25, 0.3) is 6.08 Å². The van der Waals surface area contributed by atoms with Crippen LogP contribution >= 0.6 is 0 Å². The summed E-state index contributed by atoms with van der Waals surface area (Å²) in [7, 11) is 1.49. The predicted octanol–water partition coefficient (Wildman–Crippen LogP) is -4.53. The van der Waals surface area contributed by atoms with Crippen LogP contribution in [0.5, 0.6) is 5.75 Å². The van der Waals surface area contributed by atoms with Crippen LogP contribution in [0.15, 0.2) is 42.0 Å². The van der Waals surface area contributed by atoms with E-state index >= 15 is 4.79 Å². The molecule has 7 saturated heterocycles. The Bertz CT molecular complexity index is 3750. The summed E-state index contributed by atoms with van der Waals surface area (Å²) in [5, 5.41) is 226. The van der Waals surface area contributed by atoms with Gasteiger partial charge in [0, 0.05) is 11.5 Å². The van der Waals surface area contributed by atoms with Crippen molar-refractivity contribution in [1.29, 1.82) is 0 Å². The number of esters is 2. The topological polar surface area (TPSA) is 603 Å². The monoisotopic (exact) mass is 1720 g/mol. The lowest BCUT2D eigenvalue weighted by atomic mass is 9.33. The van der Waals surface area contributed by atoms with Gasteiger partial charge >= 0.3 is 17.9 Å². The molecule has 0 aromatic heterocycles. The van der Waals surface area contributed by atoms with Gasteiger partial charge in [-0.05, 0) is 150 Å². The van der Waals surface area contributed by atoms with Crippen molar-refractivity contribution in [3.8, 4) is 5.75 Å². The molecule has 1 aromatic rings. The highest BCUT2D eigenvalue weighted by Crippen LogP contribution is 2.76. The number of aliphatic hydroxyl groups is 19. The third kappa shape index (κ3) is 16.6. The summed E-state index contributed by atoms with van der Waals surface area (Å²) in [5.41, 5.74) is -5.14. The third-order valence-electron chi connectivity index (χ3n) is 29.0. The number of aliphatic carboxylic acids is 1. The molecule has 11 fully saturated rings. The molecule has 120 heavy (non-hydrogen) atoms. The first-order chi connectivity index (χ1) is 56.5. The number of carbonyl (C=O) groups is 3. The zero-order valence-corrected chi connectivity index (χ0v) is 68.5. The average Bonchev–Trinajstić information content (AvgIpc) is 0.667. The second-order valence-electron chi connectivity index (χ2n) is 36.5. The van der Waals surface area contributed by atoms with Gasteiger partial charge in [-0.2, -0.15) is 0 Å². The van der Waals surface area contributed by atoms with Crippen molar-refractivity contribution in [1.82, 2.24) is 0 Å². The van der Waals surface area contributed by atoms with E-state index < -0.39 is 316 Å².